The van der Waals surface area contributed by atoms with Crippen molar-refractivity contribution in [3.63, 3.8) is 0 Å². The molecule has 31 heavy (non-hydrogen) atoms. The molecule has 0 N–H and O–H groups in total. The summed E-state index contributed by atoms with van der Waals surface area (Å²) in [5.41, 5.74) is 1.57. The molecule has 1 atom stereocenters. The summed E-state index contributed by atoms with van der Waals surface area (Å²) in [5, 5.41) is 0.766. The van der Waals surface area contributed by atoms with Crippen molar-refractivity contribution in [2.75, 3.05) is 23.5 Å². The predicted octanol–water partition coefficient (Wildman–Crippen LogP) is 6.26. The number of carbonyl (C=O) groups is 2. The van der Waals surface area contributed by atoms with Crippen LogP contribution in [-0.2, 0) is 9.53 Å². The minimum Gasteiger partial charge on any atom is -0.465 e. The molecule has 0 spiro atoms. The van der Waals surface area contributed by atoms with Crippen LogP contribution in [0.5, 0.6) is 0 Å². The molecule has 0 bridgehead atoms. The van der Waals surface area contributed by atoms with E-state index in [4.69, 9.17) is 4.74 Å². The largest absolute Gasteiger partial charge is 0.465 e. The Kier molecular flexibility index (Phi) is 7.39. The molecule has 1 aromatic heterocycles. The van der Waals surface area contributed by atoms with Crippen LogP contribution < -0.4 is 4.90 Å². The second kappa shape index (κ2) is 10.2. The summed E-state index contributed by atoms with van der Waals surface area (Å²) in [6.07, 6.45) is 6.19. The van der Waals surface area contributed by atoms with Crippen LogP contribution in [0.2, 0.25) is 0 Å². The molecule has 6 heteroatoms. The van der Waals surface area contributed by atoms with E-state index in [0.29, 0.717) is 11.5 Å². The van der Waals surface area contributed by atoms with E-state index in [0.717, 1.165) is 65.5 Å². The molecule has 1 saturated carbocycles. The van der Waals surface area contributed by atoms with E-state index < -0.39 is 0 Å². The van der Waals surface area contributed by atoms with Crippen LogP contribution in [0, 0.1) is 11.8 Å². The number of esters is 1. The molecule has 1 aliphatic heterocycles. The average Bonchev–Trinajstić information content (AvgIpc) is 3.25. The Morgan fingerprint density at radius 2 is 1.81 bits per heavy atom. The number of ether oxygens (including phenoxy) is 1. The van der Waals surface area contributed by atoms with Crippen LogP contribution in [0.1, 0.15) is 55.8 Å². The first kappa shape index (κ1) is 22.4. The maximum atomic E-state index is 13.9. The van der Waals surface area contributed by atoms with Crippen molar-refractivity contribution in [3.05, 3.63) is 42.0 Å². The molecule has 1 aliphatic carbocycles. The lowest BCUT2D eigenvalue weighted by molar-refractivity contribution is -0.124. The Morgan fingerprint density at radius 1 is 1.06 bits per heavy atom. The first-order valence-electron chi connectivity index (χ1n) is 11.3. The monoisotopic (exact) mass is 457 g/mol. The third kappa shape index (κ3) is 5.01. The zero-order valence-electron chi connectivity index (χ0n) is 18.3. The Morgan fingerprint density at radius 3 is 2.45 bits per heavy atom. The van der Waals surface area contributed by atoms with Crippen molar-refractivity contribution >= 4 is 40.0 Å². The van der Waals surface area contributed by atoms with Gasteiger partial charge in [-0.3, -0.25) is 9.69 Å². The van der Waals surface area contributed by atoms with Gasteiger partial charge in [0.05, 0.1) is 12.7 Å². The van der Waals surface area contributed by atoms with Crippen molar-refractivity contribution in [1.82, 2.24) is 0 Å². The van der Waals surface area contributed by atoms with Gasteiger partial charge < -0.3 is 4.74 Å². The Hall–Kier alpha value is -1.79. The van der Waals surface area contributed by atoms with E-state index in [9.17, 15) is 9.59 Å². The van der Waals surface area contributed by atoms with Crippen LogP contribution in [0.3, 0.4) is 0 Å². The predicted molar refractivity (Wildman–Crippen MR) is 130 cm³/mol. The minimum atomic E-state index is -0.369. The second-order valence-electron chi connectivity index (χ2n) is 8.72. The lowest BCUT2D eigenvalue weighted by Crippen LogP contribution is -2.47. The highest BCUT2D eigenvalue weighted by molar-refractivity contribution is 7.99. The molecule has 2 heterocycles. The minimum absolute atomic E-state index is 0.0518. The van der Waals surface area contributed by atoms with E-state index in [1.54, 1.807) is 11.3 Å². The van der Waals surface area contributed by atoms with Gasteiger partial charge in [-0.25, -0.2) is 4.79 Å². The van der Waals surface area contributed by atoms with Crippen LogP contribution in [0.15, 0.2) is 36.4 Å². The van der Waals surface area contributed by atoms with Gasteiger partial charge >= 0.3 is 5.97 Å². The molecule has 2 fully saturated rings. The van der Waals surface area contributed by atoms with Gasteiger partial charge in [-0.2, -0.15) is 11.8 Å². The standard InChI is InChI=1S/C25H31NO3S2/c1-17-10-12-19(13-11-17)23(27)26(20-9-6-14-30-16-20)24-21(25(28)29-2)15-22(31-24)18-7-4-3-5-8-18/h3-5,7-8,15,17,19-20H,6,9-14,16H2,1-2H3. The zero-order chi connectivity index (χ0) is 21.8. The van der Waals surface area contributed by atoms with E-state index >= 15 is 0 Å². The molecular formula is C25H31NO3S2. The van der Waals surface area contributed by atoms with E-state index in [1.807, 2.05) is 53.1 Å². The van der Waals surface area contributed by atoms with Crippen LogP contribution in [-0.4, -0.2) is 36.5 Å². The second-order valence-corrected chi connectivity index (χ2v) is 10.9. The Labute approximate surface area is 193 Å². The molecule has 2 aromatic rings. The number of anilines is 1. The van der Waals surface area contributed by atoms with Gasteiger partial charge in [-0.15, -0.1) is 11.3 Å². The summed E-state index contributed by atoms with van der Waals surface area (Å²) in [7, 11) is 1.41. The van der Waals surface area contributed by atoms with Crippen molar-refractivity contribution in [2.45, 2.75) is 51.5 Å². The number of methoxy groups -OCH3 is 1. The summed E-state index contributed by atoms with van der Waals surface area (Å²) < 4.78 is 5.13. The number of carbonyl (C=O) groups excluding carboxylic acids is 2. The zero-order valence-corrected chi connectivity index (χ0v) is 20.0. The first-order valence-corrected chi connectivity index (χ1v) is 13.2. The maximum absolute atomic E-state index is 13.9. The topological polar surface area (TPSA) is 46.6 Å². The summed E-state index contributed by atoms with van der Waals surface area (Å²) in [5.74, 6) is 2.64. The Bertz CT molecular complexity index is 897. The van der Waals surface area contributed by atoms with Crippen LogP contribution in [0.25, 0.3) is 10.4 Å². The summed E-state index contributed by atoms with van der Waals surface area (Å²) in [6, 6.07) is 12.1. The van der Waals surface area contributed by atoms with Gasteiger partial charge in [0.25, 0.3) is 0 Å². The number of benzene rings is 1. The molecule has 1 amide bonds. The van der Waals surface area contributed by atoms with Crippen LogP contribution in [0.4, 0.5) is 5.00 Å². The van der Waals surface area contributed by atoms with E-state index in [2.05, 4.69) is 6.92 Å². The van der Waals surface area contributed by atoms with E-state index in [1.165, 1.54) is 7.11 Å². The fourth-order valence-electron chi connectivity index (χ4n) is 4.64. The average molecular weight is 458 g/mol. The SMILES string of the molecule is COC(=O)c1cc(-c2ccccc2)sc1N(C(=O)C1CCC(C)CC1)C1CCCSC1. The maximum Gasteiger partial charge on any atom is 0.340 e. The third-order valence-corrected chi connectivity index (χ3v) is 8.88. The number of rotatable bonds is 5. The number of nitrogens with zero attached hydrogens (tertiary/aromatic N) is 1. The lowest BCUT2D eigenvalue weighted by atomic mass is 9.82. The fourth-order valence-corrected chi connectivity index (χ4v) is 6.99. The number of amides is 1. The van der Waals surface area contributed by atoms with Gasteiger partial charge in [0.15, 0.2) is 0 Å². The molecule has 4 nitrogen and oxygen atoms in total. The van der Waals surface area contributed by atoms with Crippen molar-refractivity contribution in [1.29, 1.82) is 0 Å². The van der Waals surface area contributed by atoms with Crippen molar-refractivity contribution < 1.29 is 14.3 Å². The van der Waals surface area contributed by atoms with Gasteiger partial charge in [-0.1, -0.05) is 37.3 Å². The quantitative estimate of drug-likeness (QED) is 0.497. The highest BCUT2D eigenvalue weighted by Crippen LogP contribution is 2.42. The smallest absolute Gasteiger partial charge is 0.340 e. The first-order chi connectivity index (χ1) is 15.1. The van der Waals surface area contributed by atoms with Crippen molar-refractivity contribution in [2.24, 2.45) is 11.8 Å². The summed E-state index contributed by atoms with van der Waals surface area (Å²) in [4.78, 5) is 29.6. The van der Waals surface area contributed by atoms with Gasteiger partial charge in [-0.05, 0) is 61.8 Å². The number of thioether (sulfide) groups is 1. The van der Waals surface area contributed by atoms with Gasteiger partial charge in [0, 0.05) is 22.6 Å². The molecular weight excluding hydrogens is 426 g/mol. The molecule has 0 radical (unpaired) electrons. The molecule has 2 aliphatic rings. The number of thiophene rings is 1. The number of hydrogen-bond donors (Lipinski definition) is 0. The third-order valence-electron chi connectivity index (χ3n) is 6.50. The van der Waals surface area contributed by atoms with Gasteiger partial charge in [0.1, 0.15) is 5.00 Å². The van der Waals surface area contributed by atoms with Crippen LogP contribution >= 0.6 is 23.1 Å². The number of hydrogen-bond acceptors (Lipinski definition) is 5. The highest BCUT2D eigenvalue weighted by atomic mass is 32.2. The molecule has 1 unspecified atom stereocenters. The Balaban J connectivity index is 1.75. The molecule has 1 saturated heterocycles. The normalized spacial score (nSPS) is 23.9. The fraction of sp³-hybridized carbons (Fsp3) is 0.520. The molecule has 166 valence electrons. The summed E-state index contributed by atoms with van der Waals surface area (Å²) in [6.45, 7) is 2.27. The highest BCUT2D eigenvalue weighted by Gasteiger charge is 2.37. The molecule has 1 aromatic carbocycles. The van der Waals surface area contributed by atoms with Gasteiger partial charge in [0.2, 0.25) is 5.91 Å². The van der Waals surface area contributed by atoms with E-state index in [-0.39, 0.29) is 23.8 Å². The molecule has 4 rings (SSSR count). The summed E-state index contributed by atoms with van der Waals surface area (Å²) >= 11 is 3.45. The van der Waals surface area contributed by atoms with Crippen molar-refractivity contribution in [3.8, 4) is 10.4 Å². The lowest BCUT2D eigenvalue weighted by Gasteiger charge is -2.37.